The van der Waals surface area contributed by atoms with E-state index < -0.39 is 0 Å². The van der Waals surface area contributed by atoms with Crippen molar-refractivity contribution in [3.8, 4) is 22.3 Å². The largest absolute Gasteiger partial charge is 0.310 e. The molecule has 170 valence electrons. The Labute approximate surface area is 208 Å². The lowest BCUT2D eigenvalue weighted by atomic mass is 9.82. The van der Waals surface area contributed by atoms with Crippen molar-refractivity contribution in [3.05, 3.63) is 138 Å². The number of benzene rings is 5. The summed E-state index contributed by atoms with van der Waals surface area (Å²) in [6, 6.07) is 44.1. The molecule has 0 unspecified atom stereocenters. The van der Waals surface area contributed by atoms with Crippen LogP contribution in [0.5, 0.6) is 0 Å². The van der Waals surface area contributed by atoms with Crippen molar-refractivity contribution in [3.63, 3.8) is 0 Å². The van der Waals surface area contributed by atoms with Crippen LogP contribution in [0.4, 0.5) is 17.1 Å². The smallest absolute Gasteiger partial charge is 0.0468 e. The molecule has 1 aliphatic carbocycles. The van der Waals surface area contributed by atoms with Gasteiger partial charge >= 0.3 is 0 Å². The van der Waals surface area contributed by atoms with Crippen molar-refractivity contribution >= 4 is 17.1 Å². The van der Waals surface area contributed by atoms with Gasteiger partial charge in [0.05, 0.1) is 0 Å². The van der Waals surface area contributed by atoms with Gasteiger partial charge in [-0.3, -0.25) is 0 Å². The van der Waals surface area contributed by atoms with Crippen LogP contribution in [-0.2, 0) is 5.41 Å². The van der Waals surface area contributed by atoms with Gasteiger partial charge in [-0.05, 0) is 76.7 Å². The maximum Gasteiger partial charge on any atom is 0.0468 e. The molecule has 0 heterocycles. The number of hydrogen-bond donors (Lipinski definition) is 0. The van der Waals surface area contributed by atoms with E-state index in [1.54, 1.807) is 0 Å². The van der Waals surface area contributed by atoms with E-state index in [2.05, 4.69) is 147 Å². The first-order chi connectivity index (χ1) is 17.0. The van der Waals surface area contributed by atoms with Crippen molar-refractivity contribution in [2.45, 2.75) is 26.2 Å². The van der Waals surface area contributed by atoms with E-state index in [1.807, 2.05) is 0 Å². The lowest BCUT2D eigenvalue weighted by molar-refractivity contribution is 0.660. The van der Waals surface area contributed by atoms with E-state index in [4.69, 9.17) is 0 Å². The molecule has 35 heavy (non-hydrogen) atoms. The minimum Gasteiger partial charge on any atom is -0.310 e. The SMILES string of the molecule is Cc1ccc(N(c2ccc(-c3ccccc3)cc2)c2ccc3c(c2)-c2ccccc2C3(C)C)cc1. The van der Waals surface area contributed by atoms with Crippen molar-refractivity contribution in [1.82, 2.24) is 0 Å². The zero-order valence-corrected chi connectivity index (χ0v) is 20.5. The van der Waals surface area contributed by atoms with Gasteiger partial charge in [-0.2, -0.15) is 0 Å². The van der Waals surface area contributed by atoms with Crippen LogP contribution in [0, 0.1) is 6.92 Å². The summed E-state index contributed by atoms with van der Waals surface area (Å²) in [4.78, 5) is 2.36. The molecule has 0 saturated carbocycles. The second kappa shape index (κ2) is 8.29. The molecule has 0 N–H and O–H groups in total. The summed E-state index contributed by atoms with van der Waals surface area (Å²) >= 11 is 0. The minimum atomic E-state index is 0.0104. The van der Waals surface area contributed by atoms with Gasteiger partial charge in [-0.25, -0.2) is 0 Å². The fraction of sp³-hybridized carbons (Fsp3) is 0.118. The highest BCUT2D eigenvalue weighted by Crippen LogP contribution is 2.50. The van der Waals surface area contributed by atoms with Crippen LogP contribution >= 0.6 is 0 Å². The molecule has 5 aromatic rings. The molecule has 5 aromatic carbocycles. The number of rotatable bonds is 4. The van der Waals surface area contributed by atoms with Crippen LogP contribution < -0.4 is 4.90 Å². The third kappa shape index (κ3) is 3.65. The molecule has 0 amide bonds. The van der Waals surface area contributed by atoms with E-state index >= 15 is 0 Å². The zero-order valence-electron chi connectivity index (χ0n) is 20.5. The lowest BCUT2D eigenvalue weighted by Crippen LogP contribution is -2.15. The first kappa shape index (κ1) is 21.4. The van der Waals surface area contributed by atoms with E-state index in [0.717, 1.165) is 11.4 Å². The van der Waals surface area contributed by atoms with Gasteiger partial charge in [-0.1, -0.05) is 104 Å². The summed E-state index contributed by atoms with van der Waals surface area (Å²) in [5, 5.41) is 0. The van der Waals surface area contributed by atoms with E-state index in [0.29, 0.717) is 0 Å². The molecular formula is C34H29N. The first-order valence-corrected chi connectivity index (χ1v) is 12.3. The van der Waals surface area contributed by atoms with Crippen molar-refractivity contribution < 1.29 is 0 Å². The van der Waals surface area contributed by atoms with Gasteiger partial charge in [-0.15, -0.1) is 0 Å². The van der Waals surface area contributed by atoms with E-state index in [9.17, 15) is 0 Å². The average molecular weight is 452 g/mol. The molecule has 1 nitrogen and oxygen atoms in total. The molecule has 0 atom stereocenters. The van der Waals surface area contributed by atoms with Crippen LogP contribution in [0.2, 0.25) is 0 Å². The average Bonchev–Trinajstić information content (AvgIpc) is 3.13. The van der Waals surface area contributed by atoms with Gasteiger partial charge in [0.15, 0.2) is 0 Å². The fourth-order valence-electron chi connectivity index (χ4n) is 5.42. The van der Waals surface area contributed by atoms with Crippen molar-refractivity contribution in [1.29, 1.82) is 0 Å². The van der Waals surface area contributed by atoms with Crippen LogP contribution in [0.15, 0.2) is 121 Å². The van der Waals surface area contributed by atoms with Crippen LogP contribution in [-0.4, -0.2) is 0 Å². The summed E-state index contributed by atoms with van der Waals surface area (Å²) in [5.74, 6) is 0. The number of nitrogens with zero attached hydrogens (tertiary/aromatic N) is 1. The topological polar surface area (TPSA) is 3.24 Å². The Morgan fingerprint density at radius 3 is 1.74 bits per heavy atom. The second-order valence-corrected chi connectivity index (χ2v) is 9.98. The predicted octanol–water partition coefficient (Wildman–Crippen LogP) is 9.44. The van der Waals surface area contributed by atoms with Crippen molar-refractivity contribution in [2.75, 3.05) is 4.90 Å². The van der Waals surface area contributed by atoms with Crippen molar-refractivity contribution in [2.24, 2.45) is 0 Å². The molecule has 0 spiro atoms. The normalized spacial score (nSPS) is 13.2. The zero-order chi connectivity index (χ0) is 24.0. The number of anilines is 3. The summed E-state index contributed by atoms with van der Waals surface area (Å²) in [5.41, 5.74) is 12.7. The molecular weight excluding hydrogens is 422 g/mol. The lowest BCUT2D eigenvalue weighted by Gasteiger charge is -2.27. The highest BCUT2D eigenvalue weighted by molar-refractivity contribution is 5.86. The Balaban J connectivity index is 1.49. The predicted molar refractivity (Wildman–Crippen MR) is 149 cm³/mol. The molecule has 6 rings (SSSR count). The van der Waals surface area contributed by atoms with Gasteiger partial charge in [0.1, 0.15) is 0 Å². The molecule has 1 heteroatoms. The molecule has 0 fully saturated rings. The molecule has 0 aliphatic heterocycles. The van der Waals surface area contributed by atoms with Crippen LogP contribution in [0.1, 0.15) is 30.5 Å². The number of fused-ring (bicyclic) bond motifs is 3. The Hall–Kier alpha value is -4.10. The highest BCUT2D eigenvalue weighted by Gasteiger charge is 2.35. The minimum absolute atomic E-state index is 0.0104. The molecule has 0 aromatic heterocycles. The summed E-state index contributed by atoms with van der Waals surface area (Å²) < 4.78 is 0. The summed E-state index contributed by atoms with van der Waals surface area (Å²) in [7, 11) is 0. The Bertz CT molecular complexity index is 1490. The maximum atomic E-state index is 2.37. The summed E-state index contributed by atoms with van der Waals surface area (Å²) in [6.07, 6.45) is 0. The monoisotopic (exact) mass is 451 g/mol. The molecule has 0 radical (unpaired) electrons. The molecule has 0 bridgehead atoms. The van der Waals surface area contributed by atoms with E-state index in [-0.39, 0.29) is 5.41 Å². The maximum absolute atomic E-state index is 2.37. The quantitative estimate of drug-likeness (QED) is 0.263. The third-order valence-electron chi connectivity index (χ3n) is 7.35. The van der Waals surface area contributed by atoms with Gasteiger partial charge in [0.25, 0.3) is 0 Å². The Kier molecular flexibility index (Phi) is 5.07. The first-order valence-electron chi connectivity index (χ1n) is 12.3. The van der Waals surface area contributed by atoms with Crippen LogP contribution in [0.3, 0.4) is 0 Å². The summed E-state index contributed by atoms with van der Waals surface area (Å²) in [6.45, 7) is 6.80. The van der Waals surface area contributed by atoms with E-state index in [1.165, 1.54) is 44.6 Å². The number of hydrogen-bond acceptors (Lipinski definition) is 1. The molecule has 0 saturated heterocycles. The Morgan fingerprint density at radius 2 is 1.03 bits per heavy atom. The third-order valence-corrected chi connectivity index (χ3v) is 7.35. The number of aryl methyl sites for hydroxylation is 1. The fourth-order valence-corrected chi connectivity index (χ4v) is 5.42. The van der Waals surface area contributed by atoms with Gasteiger partial charge in [0.2, 0.25) is 0 Å². The molecule has 1 aliphatic rings. The Morgan fingerprint density at radius 1 is 0.486 bits per heavy atom. The van der Waals surface area contributed by atoms with Crippen LogP contribution in [0.25, 0.3) is 22.3 Å². The highest BCUT2D eigenvalue weighted by atomic mass is 15.1. The standard InChI is InChI=1S/C34H29N/c1-24-13-17-27(18-14-24)35(28-19-15-26(16-20-28)25-9-5-4-6-10-25)29-21-22-33-31(23-29)30-11-7-8-12-32(30)34(33,2)3/h4-23H,1-3H3. The van der Waals surface area contributed by atoms with Gasteiger partial charge in [0, 0.05) is 22.5 Å². The second-order valence-electron chi connectivity index (χ2n) is 9.98. The van der Waals surface area contributed by atoms with Gasteiger partial charge < -0.3 is 4.90 Å².